The van der Waals surface area contributed by atoms with Crippen LogP contribution in [0.25, 0.3) is 0 Å². The van der Waals surface area contributed by atoms with Crippen LogP contribution in [-0.4, -0.2) is 30.1 Å². The number of amides is 1. The number of halogens is 2. The molecule has 0 aromatic heterocycles. The minimum Gasteiger partial charge on any atom is -0.508 e. The molecule has 1 amide bonds. The molecule has 0 saturated carbocycles. The smallest absolute Gasteiger partial charge is 0.338 e. The van der Waals surface area contributed by atoms with Crippen molar-refractivity contribution >= 4 is 35.1 Å². The normalized spacial score (nSPS) is 10.2. The number of hydrogen-bond acceptors (Lipinski definition) is 4. The highest BCUT2D eigenvalue weighted by molar-refractivity contribution is 6.35. The molecule has 0 heterocycles. The second-order valence-corrected chi connectivity index (χ2v) is 5.81. The number of benzene rings is 2. The van der Waals surface area contributed by atoms with Crippen molar-refractivity contribution in [2.24, 2.45) is 0 Å². The molecule has 5 nitrogen and oxygen atoms in total. The minimum absolute atomic E-state index is 0.0475. The molecule has 0 atom stereocenters. The molecule has 0 aliphatic rings. The lowest BCUT2D eigenvalue weighted by Gasteiger charge is -2.08. The Morgan fingerprint density at radius 2 is 1.92 bits per heavy atom. The molecule has 24 heavy (non-hydrogen) atoms. The first-order valence-electron chi connectivity index (χ1n) is 7.12. The van der Waals surface area contributed by atoms with Gasteiger partial charge in [-0.1, -0.05) is 35.3 Å². The number of phenolic OH excluding ortho intramolecular Hbond substituents is 1. The number of carbonyl (C=O) groups is 2. The molecular formula is C17H15Cl2NO4. The summed E-state index contributed by atoms with van der Waals surface area (Å²) >= 11 is 11.9. The van der Waals surface area contributed by atoms with Gasteiger partial charge in [-0.15, -0.1) is 0 Å². The Bertz CT molecular complexity index is 749. The van der Waals surface area contributed by atoms with Gasteiger partial charge in [0, 0.05) is 16.6 Å². The highest BCUT2D eigenvalue weighted by Crippen LogP contribution is 2.21. The number of aromatic hydroxyl groups is 1. The average Bonchev–Trinajstić information content (AvgIpc) is 2.54. The van der Waals surface area contributed by atoms with E-state index in [1.807, 2.05) is 0 Å². The Balaban J connectivity index is 1.74. The summed E-state index contributed by atoms with van der Waals surface area (Å²) in [5.41, 5.74) is 1.04. The van der Waals surface area contributed by atoms with Gasteiger partial charge in [0.2, 0.25) is 0 Å². The van der Waals surface area contributed by atoms with Crippen molar-refractivity contribution in [2.75, 3.05) is 13.2 Å². The van der Waals surface area contributed by atoms with Gasteiger partial charge in [-0.25, -0.2) is 4.79 Å². The lowest BCUT2D eigenvalue weighted by Crippen LogP contribution is -2.30. The fourth-order valence-electron chi connectivity index (χ4n) is 1.96. The van der Waals surface area contributed by atoms with Gasteiger partial charge in [0.1, 0.15) is 5.75 Å². The predicted octanol–water partition coefficient (Wildman–Crippen LogP) is 3.21. The second kappa shape index (κ2) is 8.57. The Kier molecular flexibility index (Phi) is 6.46. The molecule has 126 valence electrons. The van der Waals surface area contributed by atoms with Crippen LogP contribution < -0.4 is 5.32 Å². The number of hydrogen-bond donors (Lipinski definition) is 2. The molecule has 0 spiro atoms. The topological polar surface area (TPSA) is 75.6 Å². The van der Waals surface area contributed by atoms with Gasteiger partial charge in [0.05, 0.1) is 5.56 Å². The highest BCUT2D eigenvalue weighted by atomic mass is 35.5. The molecule has 0 unspecified atom stereocenters. The molecule has 7 heteroatoms. The Hall–Kier alpha value is -2.24. The van der Waals surface area contributed by atoms with Crippen LogP contribution >= 0.6 is 23.2 Å². The highest BCUT2D eigenvalue weighted by Gasteiger charge is 2.10. The number of ether oxygens (including phenoxy) is 1. The number of rotatable bonds is 6. The van der Waals surface area contributed by atoms with E-state index in [1.165, 1.54) is 24.3 Å². The van der Waals surface area contributed by atoms with Gasteiger partial charge < -0.3 is 15.2 Å². The Morgan fingerprint density at radius 3 is 2.62 bits per heavy atom. The Labute approximate surface area is 149 Å². The summed E-state index contributed by atoms with van der Waals surface area (Å²) < 4.78 is 4.88. The summed E-state index contributed by atoms with van der Waals surface area (Å²) in [4.78, 5) is 23.4. The first-order valence-corrected chi connectivity index (χ1v) is 7.88. The van der Waals surface area contributed by atoms with E-state index in [2.05, 4.69) is 5.32 Å². The molecule has 2 aromatic carbocycles. The summed E-state index contributed by atoms with van der Waals surface area (Å²) in [6.07, 6.45) is 0.530. The maximum atomic E-state index is 11.7. The number of carbonyl (C=O) groups excluding carboxylic acids is 2. The summed E-state index contributed by atoms with van der Waals surface area (Å²) in [5, 5.41) is 13.0. The SMILES string of the molecule is O=C(COC(=O)c1cccc(O)c1)NCCc1ccc(Cl)cc1Cl. The second-order valence-electron chi connectivity index (χ2n) is 4.96. The van der Waals surface area contributed by atoms with Crippen molar-refractivity contribution in [3.05, 3.63) is 63.6 Å². The number of esters is 1. The van der Waals surface area contributed by atoms with Gasteiger partial charge in [-0.3, -0.25) is 4.79 Å². The quantitative estimate of drug-likeness (QED) is 0.768. The van der Waals surface area contributed by atoms with E-state index in [0.717, 1.165) is 5.56 Å². The van der Waals surface area contributed by atoms with Gasteiger partial charge >= 0.3 is 5.97 Å². The third-order valence-electron chi connectivity index (χ3n) is 3.15. The van der Waals surface area contributed by atoms with E-state index < -0.39 is 18.5 Å². The van der Waals surface area contributed by atoms with E-state index in [9.17, 15) is 14.7 Å². The first kappa shape index (κ1) is 18.1. The van der Waals surface area contributed by atoms with Crippen LogP contribution in [0.5, 0.6) is 5.75 Å². The third kappa shape index (κ3) is 5.44. The monoisotopic (exact) mass is 367 g/mol. The molecule has 0 radical (unpaired) electrons. The van der Waals surface area contributed by atoms with Crippen molar-refractivity contribution in [2.45, 2.75) is 6.42 Å². The van der Waals surface area contributed by atoms with E-state index in [0.29, 0.717) is 23.0 Å². The molecule has 0 bridgehead atoms. The van der Waals surface area contributed by atoms with Crippen molar-refractivity contribution in [3.63, 3.8) is 0 Å². The van der Waals surface area contributed by atoms with Crippen LogP contribution in [-0.2, 0) is 16.0 Å². The fourth-order valence-corrected chi connectivity index (χ4v) is 2.46. The molecule has 2 N–H and O–H groups in total. The van der Waals surface area contributed by atoms with Crippen LogP contribution in [0.4, 0.5) is 0 Å². The zero-order chi connectivity index (χ0) is 17.5. The third-order valence-corrected chi connectivity index (χ3v) is 3.73. The summed E-state index contributed by atoms with van der Waals surface area (Å²) in [6, 6.07) is 10.9. The molecule has 2 rings (SSSR count). The van der Waals surface area contributed by atoms with E-state index >= 15 is 0 Å². The average molecular weight is 368 g/mol. The van der Waals surface area contributed by atoms with Crippen LogP contribution in [0.3, 0.4) is 0 Å². The number of nitrogens with one attached hydrogen (secondary N) is 1. The molecule has 0 fully saturated rings. The molecule has 0 aliphatic heterocycles. The van der Waals surface area contributed by atoms with Crippen LogP contribution in [0, 0.1) is 0 Å². The molecular weight excluding hydrogens is 353 g/mol. The summed E-state index contributed by atoms with van der Waals surface area (Å²) in [5.74, 6) is -1.15. The van der Waals surface area contributed by atoms with Crippen LogP contribution in [0.1, 0.15) is 15.9 Å². The maximum absolute atomic E-state index is 11.7. The lowest BCUT2D eigenvalue weighted by molar-refractivity contribution is -0.124. The summed E-state index contributed by atoms with van der Waals surface area (Å²) in [6.45, 7) is -0.0489. The van der Waals surface area contributed by atoms with Crippen LogP contribution in [0.15, 0.2) is 42.5 Å². The molecule has 0 saturated heterocycles. The number of phenols is 1. The van der Waals surface area contributed by atoms with Crippen LogP contribution in [0.2, 0.25) is 10.0 Å². The fraction of sp³-hybridized carbons (Fsp3) is 0.176. The van der Waals surface area contributed by atoms with Gasteiger partial charge in [-0.2, -0.15) is 0 Å². The minimum atomic E-state index is -0.679. The zero-order valence-electron chi connectivity index (χ0n) is 12.6. The summed E-state index contributed by atoms with van der Waals surface area (Å²) in [7, 11) is 0. The first-order chi connectivity index (χ1) is 11.5. The predicted molar refractivity (Wildman–Crippen MR) is 91.6 cm³/mol. The van der Waals surface area contributed by atoms with Crippen molar-refractivity contribution in [1.29, 1.82) is 0 Å². The van der Waals surface area contributed by atoms with Crippen molar-refractivity contribution in [1.82, 2.24) is 5.32 Å². The van der Waals surface area contributed by atoms with Gasteiger partial charge in [-0.05, 0) is 42.3 Å². The molecule has 2 aromatic rings. The maximum Gasteiger partial charge on any atom is 0.338 e. The lowest BCUT2D eigenvalue weighted by atomic mass is 10.1. The van der Waals surface area contributed by atoms with Crippen molar-refractivity contribution < 1.29 is 19.4 Å². The molecule has 0 aliphatic carbocycles. The van der Waals surface area contributed by atoms with E-state index in [4.69, 9.17) is 27.9 Å². The largest absolute Gasteiger partial charge is 0.508 e. The van der Waals surface area contributed by atoms with E-state index in [-0.39, 0.29) is 11.3 Å². The van der Waals surface area contributed by atoms with Gasteiger partial charge in [0.25, 0.3) is 5.91 Å². The van der Waals surface area contributed by atoms with Gasteiger partial charge in [0.15, 0.2) is 6.61 Å². The Morgan fingerprint density at radius 1 is 1.12 bits per heavy atom. The van der Waals surface area contributed by atoms with E-state index in [1.54, 1.807) is 18.2 Å². The zero-order valence-corrected chi connectivity index (χ0v) is 14.1. The standard InChI is InChI=1S/C17H15Cl2NO4/c18-13-5-4-11(15(19)9-13)6-7-20-16(22)10-24-17(23)12-2-1-3-14(21)8-12/h1-5,8-9,21H,6-7,10H2,(H,20,22). The van der Waals surface area contributed by atoms with Crippen molar-refractivity contribution in [3.8, 4) is 5.75 Å².